The Balaban J connectivity index is 1.69. The lowest BCUT2D eigenvalue weighted by Gasteiger charge is -2.18. The number of rotatable bonds is 6. The number of H-pyrrole nitrogens is 1. The molecule has 1 heterocycles. The van der Waals surface area contributed by atoms with Crippen LogP contribution in [0.3, 0.4) is 0 Å². The molecule has 0 saturated heterocycles. The van der Waals surface area contributed by atoms with E-state index < -0.39 is 0 Å². The minimum absolute atomic E-state index is 0.0377. The van der Waals surface area contributed by atoms with Crippen LogP contribution in [-0.2, 0) is 11.2 Å². The number of amides is 1. The molecule has 0 spiro atoms. The number of carbonyl (C=O) groups excluding carboxylic acids is 1. The molecule has 1 aromatic heterocycles. The number of nitrogens with zero attached hydrogens (tertiary/aromatic N) is 1. The minimum atomic E-state index is -0.0377. The van der Waals surface area contributed by atoms with Gasteiger partial charge in [-0.3, -0.25) is 4.79 Å². The summed E-state index contributed by atoms with van der Waals surface area (Å²) in [4.78, 5) is 17.7. The third kappa shape index (κ3) is 3.83. The summed E-state index contributed by atoms with van der Waals surface area (Å²) in [6, 6.07) is 15.6. The first-order valence-electron chi connectivity index (χ1n) is 8.36. The first-order chi connectivity index (χ1) is 12.1. The number of aliphatic hydroxyl groups is 1. The number of para-hydroxylation sites is 1. The van der Waals surface area contributed by atoms with Crippen molar-refractivity contribution < 1.29 is 9.90 Å². The number of anilines is 2. The Morgan fingerprint density at radius 2 is 1.88 bits per heavy atom. The monoisotopic (exact) mass is 337 g/mol. The zero-order valence-corrected chi connectivity index (χ0v) is 14.5. The SMILES string of the molecule is Cc1[nH]c2ccccc2c1CC(=O)Nc1ccc(N(C)CCO)cc1. The van der Waals surface area contributed by atoms with E-state index in [-0.39, 0.29) is 12.5 Å². The normalized spacial score (nSPS) is 10.8. The van der Waals surface area contributed by atoms with Gasteiger partial charge in [0.25, 0.3) is 0 Å². The molecule has 5 heteroatoms. The summed E-state index contributed by atoms with van der Waals surface area (Å²) in [7, 11) is 1.92. The molecule has 0 atom stereocenters. The molecule has 130 valence electrons. The summed E-state index contributed by atoms with van der Waals surface area (Å²) in [5.41, 5.74) is 4.88. The van der Waals surface area contributed by atoms with Crippen molar-refractivity contribution in [1.82, 2.24) is 4.98 Å². The van der Waals surface area contributed by atoms with Crippen LogP contribution in [0.15, 0.2) is 48.5 Å². The standard InChI is InChI=1S/C20H23N3O2/c1-14-18(17-5-3-4-6-19(17)21-14)13-20(25)22-15-7-9-16(10-8-15)23(2)11-12-24/h3-10,21,24H,11-13H2,1-2H3,(H,22,25). The molecule has 0 radical (unpaired) electrons. The molecule has 0 bridgehead atoms. The maximum atomic E-state index is 12.4. The fourth-order valence-corrected chi connectivity index (χ4v) is 3.01. The molecule has 0 aliphatic heterocycles. The number of likely N-dealkylation sites (N-methyl/N-ethyl adjacent to an activating group) is 1. The van der Waals surface area contributed by atoms with Crippen LogP contribution < -0.4 is 10.2 Å². The molecule has 3 N–H and O–H groups in total. The van der Waals surface area contributed by atoms with Gasteiger partial charge >= 0.3 is 0 Å². The fourth-order valence-electron chi connectivity index (χ4n) is 3.01. The first-order valence-corrected chi connectivity index (χ1v) is 8.36. The average molecular weight is 337 g/mol. The second-order valence-corrected chi connectivity index (χ2v) is 6.19. The van der Waals surface area contributed by atoms with Crippen LogP contribution in [0.5, 0.6) is 0 Å². The topological polar surface area (TPSA) is 68.4 Å². The van der Waals surface area contributed by atoms with Gasteiger partial charge in [-0.25, -0.2) is 0 Å². The van der Waals surface area contributed by atoms with Crippen LogP contribution in [0.1, 0.15) is 11.3 Å². The first kappa shape index (κ1) is 17.0. The van der Waals surface area contributed by atoms with E-state index in [9.17, 15) is 4.79 Å². The third-order valence-corrected chi connectivity index (χ3v) is 4.39. The molecule has 3 rings (SSSR count). The molecular formula is C20H23N3O2. The molecule has 2 aromatic carbocycles. The highest BCUT2D eigenvalue weighted by Crippen LogP contribution is 2.23. The van der Waals surface area contributed by atoms with Crippen molar-refractivity contribution in [3.8, 4) is 0 Å². The van der Waals surface area contributed by atoms with E-state index in [1.54, 1.807) is 0 Å². The number of aryl methyl sites for hydroxylation is 1. The number of fused-ring (bicyclic) bond motifs is 1. The lowest BCUT2D eigenvalue weighted by atomic mass is 10.1. The van der Waals surface area contributed by atoms with E-state index in [0.717, 1.165) is 33.5 Å². The smallest absolute Gasteiger partial charge is 0.228 e. The van der Waals surface area contributed by atoms with Crippen LogP contribution in [0.25, 0.3) is 10.9 Å². The Labute approximate surface area is 147 Å². The van der Waals surface area contributed by atoms with Crippen LogP contribution >= 0.6 is 0 Å². The van der Waals surface area contributed by atoms with Gasteiger partial charge in [0.05, 0.1) is 13.0 Å². The molecule has 3 aromatic rings. The second kappa shape index (κ2) is 7.40. The summed E-state index contributed by atoms with van der Waals surface area (Å²) < 4.78 is 0. The van der Waals surface area contributed by atoms with Crippen LogP contribution in [-0.4, -0.2) is 36.2 Å². The molecular weight excluding hydrogens is 314 g/mol. The number of carbonyl (C=O) groups is 1. The van der Waals surface area contributed by atoms with Gasteiger partial charge in [-0.2, -0.15) is 0 Å². The van der Waals surface area contributed by atoms with Crippen LogP contribution in [0.4, 0.5) is 11.4 Å². The zero-order chi connectivity index (χ0) is 17.8. The predicted octanol–water partition coefficient (Wildman–Crippen LogP) is 3.09. The van der Waals surface area contributed by atoms with Gasteiger partial charge in [0, 0.05) is 41.6 Å². The molecule has 25 heavy (non-hydrogen) atoms. The van der Waals surface area contributed by atoms with E-state index in [0.29, 0.717) is 13.0 Å². The van der Waals surface area contributed by atoms with Crippen molar-refractivity contribution in [3.63, 3.8) is 0 Å². The Kier molecular flexibility index (Phi) is 5.05. The predicted molar refractivity (Wildman–Crippen MR) is 102 cm³/mol. The quantitative estimate of drug-likeness (QED) is 0.647. The summed E-state index contributed by atoms with van der Waals surface area (Å²) in [5, 5.41) is 13.0. The van der Waals surface area contributed by atoms with Crippen LogP contribution in [0.2, 0.25) is 0 Å². The van der Waals surface area contributed by atoms with Gasteiger partial charge < -0.3 is 20.3 Å². The van der Waals surface area contributed by atoms with Crippen molar-refractivity contribution in [3.05, 3.63) is 59.8 Å². The zero-order valence-electron chi connectivity index (χ0n) is 14.5. The van der Waals surface area contributed by atoms with Gasteiger partial charge in [-0.1, -0.05) is 18.2 Å². The van der Waals surface area contributed by atoms with Crippen LogP contribution in [0, 0.1) is 6.92 Å². The van der Waals surface area contributed by atoms with E-state index in [4.69, 9.17) is 5.11 Å². The second-order valence-electron chi connectivity index (χ2n) is 6.19. The van der Waals surface area contributed by atoms with Gasteiger partial charge in [-0.05, 0) is 42.8 Å². The maximum absolute atomic E-state index is 12.4. The number of benzene rings is 2. The lowest BCUT2D eigenvalue weighted by Crippen LogP contribution is -2.21. The molecule has 1 amide bonds. The number of hydrogen-bond donors (Lipinski definition) is 3. The summed E-state index contributed by atoms with van der Waals surface area (Å²) in [6.45, 7) is 2.68. The van der Waals surface area contributed by atoms with Gasteiger partial charge in [0.1, 0.15) is 0 Å². The highest BCUT2D eigenvalue weighted by atomic mass is 16.3. The Bertz CT molecular complexity index is 868. The average Bonchev–Trinajstić information content (AvgIpc) is 2.91. The highest BCUT2D eigenvalue weighted by molar-refractivity contribution is 5.96. The van der Waals surface area contributed by atoms with Gasteiger partial charge in [-0.15, -0.1) is 0 Å². The Morgan fingerprint density at radius 3 is 2.60 bits per heavy atom. The van der Waals surface area contributed by atoms with E-state index >= 15 is 0 Å². The fraction of sp³-hybridized carbons (Fsp3) is 0.250. The number of aromatic nitrogens is 1. The number of hydrogen-bond acceptors (Lipinski definition) is 3. The molecule has 5 nitrogen and oxygen atoms in total. The van der Waals surface area contributed by atoms with Crippen molar-refractivity contribution in [2.45, 2.75) is 13.3 Å². The minimum Gasteiger partial charge on any atom is -0.395 e. The molecule has 0 unspecified atom stereocenters. The summed E-state index contributed by atoms with van der Waals surface area (Å²) in [6.07, 6.45) is 0.335. The highest BCUT2D eigenvalue weighted by Gasteiger charge is 2.12. The van der Waals surface area contributed by atoms with Crippen molar-refractivity contribution in [2.75, 3.05) is 30.4 Å². The maximum Gasteiger partial charge on any atom is 0.228 e. The molecule has 0 aliphatic carbocycles. The molecule has 0 aliphatic rings. The molecule has 0 saturated carbocycles. The lowest BCUT2D eigenvalue weighted by molar-refractivity contribution is -0.115. The Hall–Kier alpha value is -2.79. The summed E-state index contributed by atoms with van der Waals surface area (Å²) in [5.74, 6) is -0.0377. The van der Waals surface area contributed by atoms with Gasteiger partial charge in [0.15, 0.2) is 0 Å². The van der Waals surface area contributed by atoms with E-state index in [1.807, 2.05) is 67.4 Å². The molecule has 0 fully saturated rings. The largest absolute Gasteiger partial charge is 0.395 e. The number of aromatic amines is 1. The Morgan fingerprint density at radius 1 is 1.16 bits per heavy atom. The van der Waals surface area contributed by atoms with Crippen molar-refractivity contribution in [2.24, 2.45) is 0 Å². The van der Waals surface area contributed by atoms with Crippen molar-refractivity contribution >= 4 is 28.2 Å². The van der Waals surface area contributed by atoms with E-state index in [1.165, 1.54) is 0 Å². The summed E-state index contributed by atoms with van der Waals surface area (Å²) >= 11 is 0. The van der Waals surface area contributed by atoms with Gasteiger partial charge in [0.2, 0.25) is 5.91 Å². The van der Waals surface area contributed by atoms with E-state index in [2.05, 4.69) is 10.3 Å². The number of nitrogens with one attached hydrogen (secondary N) is 2. The third-order valence-electron chi connectivity index (χ3n) is 4.39. The van der Waals surface area contributed by atoms with Crippen molar-refractivity contribution in [1.29, 1.82) is 0 Å². The number of aliphatic hydroxyl groups excluding tert-OH is 1.